The van der Waals surface area contributed by atoms with Gasteiger partial charge in [0.2, 0.25) is 11.9 Å². The molecule has 6 heteroatoms. The van der Waals surface area contributed by atoms with Crippen LogP contribution in [0.1, 0.15) is 45.1 Å². The van der Waals surface area contributed by atoms with Crippen molar-refractivity contribution >= 4 is 35.3 Å². The van der Waals surface area contributed by atoms with Crippen LogP contribution >= 0.6 is 12.4 Å². The van der Waals surface area contributed by atoms with Crippen LogP contribution in [0.5, 0.6) is 0 Å². The molecule has 0 bridgehead atoms. The molecule has 0 saturated heterocycles. The maximum absolute atomic E-state index is 11.9. The molecular formula is C16H23ClN4O. The van der Waals surface area contributed by atoms with Crippen LogP contribution in [0.15, 0.2) is 24.3 Å². The molecule has 0 unspecified atom stereocenters. The quantitative estimate of drug-likeness (QED) is 0.911. The summed E-state index contributed by atoms with van der Waals surface area (Å²) in [5.41, 5.74) is 7.66. The number of nitrogens with two attached hydrogens (primary N) is 1. The third-order valence-electron chi connectivity index (χ3n) is 4.18. The van der Waals surface area contributed by atoms with E-state index in [9.17, 15) is 4.79 Å². The number of carbonyl (C=O) groups excluding carboxylic acids is 1. The van der Waals surface area contributed by atoms with Crippen molar-refractivity contribution in [2.45, 2.75) is 51.1 Å². The Morgan fingerprint density at radius 2 is 2.00 bits per heavy atom. The van der Waals surface area contributed by atoms with Crippen LogP contribution in [0.3, 0.4) is 0 Å². The average molecular weight is 323 g/mol. The molecule has 1 saturated carbocycles. The Labute approximate surface area is 136 Å². The molecule has 1 aromatic carbocycles. The number of para-hydroxylation sites is 2. The fourth-order valence-electron chi connectivity index (χ4n) is 3.07. The maximum Gasteiger partial charge on any atom is 0.243 e. The zero-order valence-corrected chi connectivity index (χ0v) is 13.6. The van der Waals surface area contributed by atoms with Gasteiger partial charge in [-0.2, -0.15) is 0 Å². The molecule has 3 rings (SSSR count). The second-order valence-electron chi connectivity index (χ2n) is 5.86. The number of carbonyl (C=O) groups is 1. The second kappa shape index (κ2) is 7.11. The number of aromatic nitrogens is 2. The van der Waals surface area contributed by atoms with Crippen molar-refractivity contribution in [3.63, 3.8) is 0 Å². The minimum atomic E-state index is -0.537. The number of rotatable bonds is 3. The molecule has 22 heavy (non-hydrogen) atoms. The van der Waals surface area contributed by atoms with E-state index < -0.39 is 6.04 Å². The Bertz CT molecular complexity index is 647. The molecule has 5 nitrogen and oxygen atoms in total. The molecule has 1 atom stereocenters. The molecule has 2 aromatic rings. The molecule has 0 aliphatic heterocycles. The zero-order chi connectivity index (χ0) is 14.8. The lowest BCUT2D eigenvalue weighted by atomic mass is 9.95. The number of halogens is 1. The molecule has 0 radical (unpaired) electrons. The Morgan fingerprint density at radius 3 is 2.68 bits per heavy atom. The van der Waals surface area contributed by atoms with Gasteiger partial charge in [0.15, 0.2) is 0 Å². The Kier molecular flexibility index (Phi) is 5.42. The number of nitrogens with one attached hydrogen (secondary N) is 1. The molecule has 120 valence electrons. The van der Waals surface area contributed by atoms with E-state index in [1.807, 2.05) is 18.2 Å². The summed E-state index contributed by atoms with van der Waals surface area (Å²) in [6.07, 6.45) is 6.04. The Hall–Kier alpha value is -1.59. The third-order valence-corrected chi connectivity index (χ3v) is 4.18. The normalized spacial score (nSPS) is 17.0. The van der Waals surface area contributed by atoms with Crippen LogP contribution in [0.2, 0.25) is 0 Å². The summed E-state index contributed by atoms with van der Waals surface area (Å²) in [5.74, 6) is 0.438. The Morgan fingerprint density at radius 1 is 1.32 bits per heavy atom. The Balaban J connectivity index is 0.00000176. The van der Waals surface area contributed by atoms with E-state index in [4.69, 9.17) is 5.73 Å². The van der Waals surface area contributed by atoms with E-state index in [0.29, 0.717) is 12.0 Å². The highest BCUT2D eigenvalue weighted by Crippen LogP contribution is 2.34. The maximum atomic E-state index is 11.9. The number of anilines is 1. The highest BCUT2D eigenvalue weighted by atomic mass is 35.5. The van der Waals surface area contributed by atoms with E-state index >= 15 is 0 Å². The van der Waals surface area contributed by atoms with Gasteiger partial charge in [-0.3, -0.25) is 10.1 Å². The van der Waals surface area contributed by atoms with Crippen molar-refractivity contribution in [1.29, 1.82) is 0 Å². The van der Waals surface area contributed by atoms with Crippen LogP contribution in [0.4, 0.5) is 5.95 Å². The number of fused-ring (bicyclic) bond motifs is 1. The SMILES string of the molecule is C[C@@H](N)C(=O)Nc1nc2ccccc2n1C1CCCCC1.Cl. The number of benzene rings is 1. The highest BCUT2D eigenvalue weighted by molar-refractivity contribution is 5.94. The van der Waals surface area contributed by atoms with E-state index in [0.717, 1.165) is 23.9 Å². The van der Waals surface area contributed by atoms with Gasteiger partial charge in [-0.1, -0.05) is 31.4 Å². The number of hydrogen-bond acceptors (Lipinski definition) is 3. The molecule has 1 aliphatic carbocycles. The number of hydrogen-bond donors (Lipinski definition) is 2. The molecule has 1 amide bonds. The van der Waals surface area contributed by atoms with Gasteiger partial charge in [-0.05, 0) is 31.9 Å². The number of nitrogens with zero attached hydrogens (tertiary/aromatic N) is 2. The molecule has 0 spiro atoms. The molecule has 1 aliphatic rings. The van der Waals surface area contributed by atoms with E-state index in [2.05, 4.69) is 20.9 Å². The standard InChI is InChI=1S/C16H22N4O.ClH/c1-11(17)15(21)19-16-18-13-9-5-6-10-14(13)20(16)12-7-3-2-4-8-12;/h5-6,9-12H,2-4,7-8,17H2,1H3,(H,18,19,21);1H/t11-;/m1./s1. The van der Waals surface area contributed by atoms with Gasteiger partial charge in [-0.15, -0.1) is 12.4 Å². The van der Waals surface area contributed by atoms with Crippen molar-refractivity contribution in [3.05, 3.63) is 24.3 Å². The molecule has 1 fully saturated rings. The smallest absolute Gasteiger partial charge is 0.243 e. The van der Waals surface area contributed by atoms with Crippen LogP contribution in [0, 0.1) is 0 Å². The molecule has 1 heterocycles. The minimum absolute atomic E-state index is 0. The first-order chi connectivity index (χ1) is 10.2. The van der Waals surface area contributed by atoms with Crippen molar-refractivity contribution in [2.75, 3.05) is 5.32 Å². The third kappa shape index (κ3) is 3.25. The number of amides is 1. The lowest BCUT2D eigenvalue weighted by Gasteiger charge is -2.25. The molecule has 3 N–H and O–H groups in total. The molecule has 1 aromatic heterocycles. The van der Waals surface area contributed by atoms with Crippen LogP contribution in [0.25, 0.3) is 11.0 Å². The van der Waals surface area contributed by atoms with E-state index in [-0.39, 0.29) is 18.3 Å². The zero-order valence-electron chi connectivity index (χ0n) is 12.8. The van der Waals surface area contributed by atoms with Crippen LogP contribution in [-0.2, 0) is 4.79 Å². The van der Waals surface area contributed by atoms with Crippen molar-refractivity contribution in [2.24, 2.45) is 5.73 Å². The van der Waals surface area contributed by atoms with Gasteiger partial charge in [0.25, 0.3) is 0 Å². The highest BCUT2D eigenvalue weighted by Gasteiger charge is 2.22. The topological polar surface area (TPSA) is 72.9 Å². The summed E-state index contributed by atoms with van der Waals surface area (Å²) in [7, 11) is 0. The first-order valence-corrected chi connectivity index (χ1v) is 7.70. The van der Waals surface area contributed by atoms with Gasteiger partial charge < -0.3 is 10.3 Å². The fraction of sp³-hybridized carbons (Fsp3) is 0.500. The van der Waals surface area contributed by atoms with Crippen LogP contribution in [-0.4, -0.2) is 21.5 Å². The lowest BCUT2D eigenvalue weighted by Crippen LogP contribution is -2.33. The number of imidazole rings is 1. The van der Waals surface area contributed by atoms with Crippen LogP contribution < -0.4 is 11.1 Å². The second-order valence-corrected chi connectivity index (χ2v) is 5.86. The average Bonchev–Trinajstić information content (AvgIpc) is 2.85. The van der Waals surface area contributed by atoms with Gasteiger partial charge in [-0.25, -0.2) is 4.98 Å². The summed E-state index contributed by atoms with van der Waals surface area (Å²) in [6.45, 7) is 1.68. The largest absolute Gasteiger partial charge is 0.320 e. The fourth-order valence-corrected chi connectivity index (χ4v) is 3.07. The first-order valence-electron chi connectivity index (χ1n) is 7.70. The minimum Gasteiger partial charge on any atom is -0.320 e. The van der Waals surface area contributed by atoms with Crippen molar-refractivity contribution in [1.82, 2.24) is 9.55 Å². The van der Waals surface area contributed by atoms with Crippen molar-refractivity contribution in [3.8, 4) is 0 Å². The monoisotopic (exact) mass is 322 g/mol. The van der Waals surface area contributed by atoms with Gasteiger partial charge in [0.1, 0.15) is 0 Å². The first kappa shape index (κ1) is 16.8. The predicted molar refractivity (Wildman–Crippen MR) is 91.4 cm³/mol. The summed E-state index contributed by atoms with van der Waals surface area (Å²) in [4.78, 5) is 16.5. The lowest BCUT2D eigenvalue weighted by molar-refractivity contribution is -0.117. The molecular weight excluding hydrogens is 300 g/mol. The van der Waals surface area contributed by atoms with Gasteiger partial charge >= 0.3 is 0 Å². The van der Waals surface area contributed by atoms with Crippen molar-refractivity contribution < 1.29 is 4.79 Å². The summed E-state index contributed by atoms with van der Waals surface area (Å²) >= 11 is 0. The van der Waals surface area contributed by atoms with E-state index in [1.54, 1.807) is 6.92 Å². The van der Waals surface area contributed by atoms with Gasteiger partial charge in [0.05, 0.1) is 17.1 Å². The van der Waals surface area contributed by atoms with Gasteiger partial charge in [0, 0.05) is 6.04 Å². The summed E-state index contributed by atoms with van der Waals surface area (Å²) < 4.78 is 2.19. The van der Waals surface area contributed by atoms with E-state index in [1.165, 1.54) is 19.3 Å². The summed E-state index contributed by atoms with van der Waals surface area (Å²) in [6, 6.07) is 7.91. The predicted octanol–water partition coefficient (Wildman–Crippen LogP) is 3.25. The summed E-state index contributed by atoms with van der Waals surface area (Å²) in [5, 5.41) is 2.88.